The molecule has 2 saturated heterocycles. The first kappa shape index (κ1) is 83.5. The SMILES string of the molecule is CC/C=C\C/C=C\C/C=C\C/C=C\C/C=C\C/C=C\C/C=C\C/C=C\C/C=C\C/C=C\CCCCCCCCCCCCC(=O)NC(COC1OC(CO)C(OC2OC(CO)C(O)C(O)C2O)C(O)C1O)C(O)CCCCCCCCCCCCCCCCCC. The first-order valence-electron chi connectivity index (χ1n) is 36.3. The van der Waals surface area contributed by atoms with Gasteiger partial charge in [-0.3, -0.25) is 4.79 Å². The molecule has 0 aliphatic carbocycles. The molecule has 0 spiro atoms. The predicted molar refractivity (Wildman–Crippen MR) is 373 cm³/mol. The molecule has 1 amide bonds. The third-order valence-corrected chi connectivity index (χ3v) is 16.9. The van der Waals surface area contributed by atoms with Crippen molar-refractivity contribution < 1.29 is 64.6 Å². The van der Waals surface area contributed by atoms with Crippen LogP contribution in [0.15, 0.2) is 122 Å². The molecular weight excluding hydrogens is 1150 g/mol. The number of amides is 1. The molecule has 9 N–H and O–H groups in total. The quantitative estimate of drug-likeness (QED) is 0.0204. The van der Waals surface area contributed by atoms with Crippen LogP contribution in [0, 0.1) is 0 Å². The number of hydrogen-bond donors (Lipinski definition) is 9. The van der Waals surface area contributed by atoms with Crippen LogP contribution in [0.5, 0.6) is 0 Å². The van der Waals surface area contributed by atoms with Crippen molar-refractivity contribution in [1.29, 1.82) is 0 Å². The standard InChI is InChI=1S/C77H131NO13/c1-3-5-7-9-11-13-15-17-19-21-22-23-24-25-26-27-28-29-30-31-32-33-34-35-36-37-38-39-40-41-42-43-44-45-47-49-51-53-55-57-59-61-69(82)78-65(66(81)60-58-56-54-52-50-48-46-20-18-16-14-12-10-8-6-4-2)64-88-76-74(87)72(85)75(68(63-80)90-76)91-77-73(86)71(84)70(83)67(62-79)89-77/h5,7,11,13,17,19,22-23,25-26,28-29,31-32,34-35,37-38,40-41,65-68,70-77,79-81,83-87H,3-4,6,8-10,12,14-16,18,20-21,24,27,30,33,36,39,42-64H2,1-2H3,(H,78,82)/b7-5-,13-11-,19-17-,23-22-,26-25-,29-28-,32-31-,35-34-,38-37-,41-40-. The summed E-state index contributed by atoms with van der Waals surface area (Å²) in [4.78, 5) is 13.3. The molecule has 14 nitrogen and oxygen atoms in total. The van der Waals surface area contributed by atoms with E-state index in [2.05, 4.69) is 141 Å². The second-order valence-electron chi connectivity index (χ2n) is 25.0. The summed E-state index contributed by atoms with van der Waals surface area (Å²) in [5, 5.41) is 87.5. The minimum absolute atomic E-state index is 0.214. The van der Waals surface area contributed by atoms with Crippen LogP contribution >= 0.6 is 0 Å². The fourth-order valence-corrected chi connectivity index (χ4v) is 11.2. The van der Waals surface area contributed by atoms with Crippen molar-refractivity contribution in [2.75, 3.05) is 19.8 Å². The van der Waals surface area contributed by atoms with Gasteiger partial charge in [-0.2, -0.15) is 0 Å². The first-order valence-corrected chi connectivity index (χ1v) is 36.3. The summed E-state index contributed by atoms with van der Waals surface area (Å²) >= 11 is 0. The smallest absolute Gasteiger partial charge is 0.220 e. The minimum Gasteiger partial charge on any atom is -0.394 e. The summed E-state index contributed by atoms with van der Waals surface area (Å²) in [5.41, 5.74) is 0. The molecule has 12 unspecified atom stereocenters. The van der Waals surface area contributed by atoms with Crippen LogP contribution in [0.2, 0.25) is 0 Å². The van der Waals surface area contributed by atoms with Crippen LogP contribution in [0.1, 0.15) is 264 Å². The van der Waals surface area contributed by atoms with Crippen molar-refractivity contribution in [1.82, 2.24) is 5.32 Å². The Labute approximate surface area is 552 Å². The number of carbonyl (C=O) groups is 1. The topological polar surface area (TPSA) is 228 Å². The molecular formula is C77H131NO13. The molecule has 2 aliphatic rings. The van der Waals surface area contributed by atoms with Crippen molar-refractivity contribution in [3.63, 3.8) is 0 Å². The summed E-state index contributed by atoms with van der Waals surface area (Å²) in [5.74, 6) is -0.214. The lowest BCUT2D eigenvalue weighted by Crippen LogP contribution is -2.65. The van der Waals surface area contributed by atoms with Crippen LogP contribution in [-0.4, -0.2) is 140 Å². The van der Waals surface area contributed by atoms with Gasteiger partial charge in [0.05, 0.1) is 32.0 Å². The van der Waals surface area contributed by atoms with Gasteiger partial charge in [-0.05, 0) is 89.9 Å². The van der Waals surface area contributed by atoms with Crippen molar-refractivity contribution >= 4 is 5.91 Å². The van der Waals surface area contributed by atoms with E-state index in [4.69, 9.17) is 18.9 Å². The number of aliphatic hydroxyl groups excluding tert-OH is 8. The fraction of sp³-hybridized carbons (Fsp3) is 0.727. The van der Waals surface area contributed by atoms with Gasteiger partial charge in [0.25, 0.3) is 0 Å². The molecule has 2 heterocycles. The lowest BCUT2D eigenvalue weighted by molar-refractivity contribution is -0.359. The molecule has 0 aromatic carbocycles. The molecule has 0 radical (unpaired) electrons. The third-order valence-electron chi connectivity index (χ3n) is 16.9. The largest absolute Gasteiger partial charge is 0.394 e. The van der Waals surface area contributed by atoms with Crippen molar-refractivity contribution in [2.24, 2.45) is 0 Å². The van der Waals surface area contributed by atoms with Gasteiger partial charge in [-0.25, -0.2) is 0 Å². The van der Waals surface area contributed by atoms with E-state index < -0.39 is 86.8 Å². The van der Waals surface area contributed by atoms with E-state index in [1.807, 2.05) is 0 Å². The van der Waals surface area contributed by atoms with E-state index in [1.165, 1.54) is 116 Å². The minimum atomic E-state index is -1.79. The molecule has 0 bridgehead atoms. The van der Waals surface area contributed by atoms with E-state index >= 15 is 0 Å². The summed E-state index contributed by atoms with van der Waals surface area (Å²) < 4.78 is 22.9. The molecule has 0 aromatic rings. The zero-order valence-electron chi connectivity index (χ0n) is 56.8. The van der Waals surface area contributed by atoms with E-state index in [0.29, 0.717) is 19.3 Å². The average molecular weight is 1280 g/mol. The number of ether oxygens (including phenoxy) is 4. The zero-order chi connectivity index (χ0) is 65.9. The number of rotatable bonds is 58. The molecule has 2 fully saturated rings. The van der Waals surface area contributed by atoms with E-state index in [-0.39, 0.29) is 12.5 Å². The summed E-state index contributed by atoms with van der Waals surface area (Å²) in [6, 6.07) is -0.839. The Morgan fingerprint density at radius 3 is 1.16 bits per heavy atom. The Bertz CT molecular complexity index is 1990. The van der Waals surface area contributed by atoms with Gasteiger partial charge in [0.2, 0.25) is 5.91 Å². The Hall–Kier alpha value is -3.61. The van der Waals surface area contributed by atoms with Gasteiger partial charge < -0.3 is 65.1 Å². The second kappa shape index (κ2) is 60.1. The molecule has 91 heavy (non-hydrogen) atoms. The maximum absolute atomic E-state index is 13.3. The van der Waals surface area contributed by atoms with Gasteiger partial charge in [-0.15, -0.1) is 0 Å². The second-order valence-corrected chi connectivity index (χ2v) is 25.0. The first-order chi connectivity index (χ1) is 44.6. The predicted octanol–water partition coefficient (Wildman–Crippen LogP) is 15.3. The van der Waals surface area contributed by atoms with Gasteiger partial charge in [0.1, 0.15) is 48.8 Å². The number of carbonyl (C=O) groups excluding carboxylic acids is 1. The molecule has 12 atom stereocenters. The zero-order valence-corrected chi connectivity index (χ0v) is 56.8. The number of hydrogen-bond acceptors (Lipinski definition) is 13. The summed E-state index contributed by atoms with van der Waals surface area (Å²) in [6.45, 7) is 2.75. The maximum Gasteiger partial charge on any atom is 0.220 e. The molecule has 14 heteroatoms. The lowest BCUT2D eigenvalue weighted by Gasteiger charge is -2.46. The van der Waals surface area contributed by atoms with Gasteiger partial charge in [0.15, 0.2) is 12.6 Å². The Morgan fingerprint density at radius 1 is 0.407 bits per heavy atom. The Morgan fingerprint density at radius 2 is 0.758 bits per heavy atom. The summed E-state index contributed by atoms with van der Waals surface area (Å²) in [6.07, 6.45) is 70.7. The van der Waals surface area contributed by atoms with Crippen LogP contribution in [0.3, 0.4) is 0 Å². The molecule has 0 aromatic heterocycles. The Balaban J connectivity index is 1.61. The average Bonchev–Trinajstić information content (AvgIpc) is 1.24. The van der Waals surface area contributed by atoms with Crippen molar-refractivity contribution in [2.45, 2.75) is 338 Å². The van der Waals surface area contributed by atoms with Crippen LogP contribution in [0.25, 0.3) is 0 Å². The van der Waals surface area contributed by atoms with Crippen LogP contribution in [0.4, 0.5) is 0 Å². The van der Waals surface area contributed by atoms with Gasteiger partial charge in [-0.1, -0.05) is 289 Å². The van der Waals surface area contributed by atoms with Crippen LogP contribution in [-0.2, 0) is 23.7 Å². The number of allylic oxidation sites excluding steroid dienone is 20. The highest BCUT2D eigenvalue weighted by Gasteiger charge is 2.51. The summed E-state index contributed by atoms with van der Waals surface area (Å²) in [7, 11) is 0. The molecule has 2 rings (SSSR count). The molecule has 2 aliphatic heterocycles. The third kappa shape index (κ3) is 43.9. The maximum atomic E-state index is 13.3. The van der Waals surface area contributed by atoms with Gasteiger partial charge >= 0.3 is 0 Å². The molecule has 522 valence electrons. The highest BCUT2D eigenvalue weighted by molar-refractivity contribution is 5.76. The fourth-order valence-electron chi connectivity index (χ4n) is 11.2. The lowest BCUT2D eigenvalue weighted by atomic mass is 9.97. The monoisotopic (exact) mass is 1280 g/mol. The van der Waals surface area contributed by atoms with Crippen molar-refractivity contribution in [3.8, 4) is 0 Å². The number of unbranched alkanes of at least 4 members (excludes halogenated alkanes) is 25. The normalized spacial score (nSPS) is 23.5. The van der Waals surface area contributed by atoms with E-state index in [0.717, 1.165) is 116 Å². The number of aliphatic hydroxyl groups is 8. The Kier molecular flexibility index (Phi) is 55.1. The molecule has 0 saturated carbocycles. The van der Waals surface area contributed by atoms with E-state index in [1.54, 1.807) is 0 Å². The number of nitrogens with one attached hydrogen (secondary N) is 1. The van der Waals surface area contributed by atoms with E-state index in [9.17, 15) is 45.6 Å². The van der Waals surface area contributed by atoms with Gasteiger partial charge in [0, 0.05) is 6.42 Å². The van der Waals surface area contributed by atoms with Crippen LogP contribution < -0.4 is 5.32 Å². The highest BCUT2D eigenvalue weighted by atomic mass is 16.7. The highest BCUT2D eigenvalue weighted by Crippen LogP contribution is 2.30. The van der Waals surface area contributed by atoms with Crippen molar-refractivity contribution in [3.05, 3.63) is 122 Å².